The van der Waals surface area contributed by atoms with Gasteiger partial charge in [0.25, 0.3) is 0 Å². The van der Waals surface area contributed by atoms with Gasteiger partial charge in [-0.1, -0.05) is 73.5 Å². The lowest BCUT2D eigenvalue weighted by Crippen LogP contribution is -2.49. The third-order valence-corrected chi connectivity index (χ3v) is 4.98. The standard InChI is InChI=1S/C21H28N2/c1-23(17-19-12-6-3-7-13-19)21-15-9-8-14-20(21)22-16-18-10-4-2-5-11-18/h2-7,10-13,20-22H,8-9,14-17H2,1H3/t20-,21-/m0/s1. The van der Waals surface area contributed by atoms with Gasteiger partial charge in [0.1, 0.15) is 0 Å². The molecule has 23 heavy (non-hydrogen) atoms. The van der Waals surface area contributed by atoms with Gasteiger partial charge in [0.2, 0.25) is 0 Å². The third-order valence-electron chi connectivity index (χ3n) is 4.98. The van der Waals surface area contributed by atoms with E-state index in [2.05, 4.69) is 77.9 Å². The molecule has 1 N–H and O–H groups in total. The summed E-state index contributed by atoms with van der Waals surface area (Å²) >= 11 is 0. The molecule has 0 saturated heterocycles. The lowest BCUT2D eigenvalue weighted by molar-refractivity contribution is 0.142. The molecule has 0 amide bonds. The van der Waals surface area contributed by atoms with Crippen molar-refractivity contribution in [2.45, 2.75) is 50.9 Å². The number of nitrogens with one attached hydrogen (secondary N) is 1. The van der Waals surface area contributed by atoms with Crippen LogP contribution in [0.3, 0.4) is 0 Å². The molecule has 2 heteroatoms. The number of hydrogen-bond acceptors (Lipinski definition) is 2. The summed E-state index contributed by atoms with van der Waals surface area (Å²) in [5.41, 5.74) is 2.78. The fourth-order valence-corrected chi connectivity index (χ4v) is 3.71. The van der Waals surface area contributed by atoms with Crippen molar-refractivity contribution in [3.8, 4) is 0 Å². The highest BCUT2D eigenvalue weighted by molar-refractivity contribution is 5.15. The fourth-order valence-electron chi connectivity index (χ4n) is 3.71. The van der Waals surface area contributed by atoms with Crippen molar-refractivity contribution >= 4 is 0 Å². The fraction of sp³-hybridized carbons (Fsp3) is 0.429. The van der Waals surface area contributed by atoms with Gasteiger partial charge in [0, 0.05) is 25.2 Å². The van der Waals surface area contributed by atoms with Crippen LogP contribution in [0, 0.1) is 0 Å². The number of hydrogen-bond donors (Lipinski definition) is 1. The van der Waals surface area contributed by atoms with Crippen molar-refractivity contribution < 1.29 is 0 Å². The van der Waals surface area contributed by atoms with Gasteiger partial charge in [-0.2, -0.15) is 0 Å². The first-order valence-corrected chi connectivity index (χ1v) is 8.84. The molecule has 2 aromatic rings. The summed E-state index contributed by atoms with van der Waals surface area (Å²) in [7, 11) is 2.28. The minimum absolute atomic E-state index is 0.595. The zero-order valence-corrected chi connectivity index (χ0v) is 14.1. The van der Waals surface area contributed by atoms with Crippen LogP contribution in [0.25, 0.3) is 0 Å². The van der Waals surface area contributed by atoms with E-state index in [1.54, 1.807) is 0 Å². The maximum atomic E-state index is 3.81. The van der Waals surface area contributed by atoms with Crippen molar-refractivity contribution in [2.75, 3.05) is 7.05 Å². The predicted octanol–water partition coefficient (Wildman–Crippen LogP) is 4.22. The number of likely N-dealkylation sites (N-methyl/N-ethyl adjacent to an activating group) is 1. The van der Waals surface area contributed by atoms with Crippen molar-refractivity contribution in [2.24, 2.45) is 0 Å². The van der Waals surface area contributed by atoms with E-state index in [0.29, 0.717) is 12.1 Å². The Hall–Kier alpha value is -1.64. The first-order chi connectivity index (χ1) is 11.3. The SMILES string of the molecule is CN(Cc1ccccc1)[C@H]1CCCC[C@@H]1NCc1ccccc1. The lowest BCUT2D eigenvalue weighted by Gasteiger charge is -2.38. The molecule has 0 aliphatic heterocycles. The van der Waals surface area contributed by atoms with Crippen LogP contribution >= 0.6 is 0 Å². The molecule has 1 aliphatic rings. The minimum atomic E-state index is 0.595. The van der Waals surface area contributed by atoms with E-state index < -0.39 is 0 Å². The first-order valence-electron chi connectivity index (χ1n) is 8.84. The lowest BCUT2D eigenvalue weighted by atomic mass is 9.89. The van der Waals surface area contributed by atoms with Crippen LogP contribution in [0.4, 0.5) is 0 Å². The molecular weight excluding hydrogens is 280 g/mol. The van der Waals surface area contributed by atoms with Gasteiger partial charge in [-0.15, -0.1) is 0 Å². The van der Waals surface area contributed by atoms with Gasteiger partial charge in [0.05, 0.1) is 0 Å². The second kappa shape index (κ2) is 8.28. The van der Waals surface area contributed by atoms with Crippen LogP contribution in [-0.2, 0) is 13.1 Å². The smallest absolute Gasteiger partial charge is 0.0249 e. The maximum absolute atomic E-state index is 3.81. The molecule has 0 unspecified atom stereocenters. The van der Waals surface area contributed by atoms with E-state index in [9.17, 15) is 0 Å². The summed E-state index contributed by atoms with van der Waals surface area (Å²) in [5, 5.41) is 3.81. The Morgan fingerprint density at radius 2 is 1.48 bits per heavy atom. The Kier molecular flexibility index (Phi) is 5.84. The molecule has 1 saturated carbocycles. The topological polar surface area (TPSA) is 15.3 Å². The Morgan fingerprint density at radius 3 is 2.17 bits per heavy atom. The Morgan fingerprint density at radius 1 is 0.870 bits per heavy atom. The Labute approximate surface area is 140 Å². The van der Waals surface area contributed by atoms with E-state index in [4.69, 9.17) is 0 Å². The van der Waals surface area contributed by atoms with Gasteiger partial charge in [-0.3, -0.25) is 4.90 Å². The van der Waals surface area contributed by atoms with E-state index in [1.807, 2.05) is 0 Å². The van der Waals surface area contributed by atoms with Gasteiger partial charge >= 0.3 is 0 Å². The monoisotopic (exact) mass is 308 g/mol. The molecule has 122 valence electrons. The van der Waals surface area contributed by atoms with Gasteiger partial charge < -0.3 is 5.32 Å². The summed E-state index contributed by atoms with van der Waals surface area (Å²) in [6.07, 6.45) is 5.29. The van der Waals surface area contributed by atoms with Crippen LogP contribution < -0.4 is 5.32 Å². The van der Waals surface area contributed by atoms with Crippen molar-refractivity contribution in [3.63, 3.8) is 0 Å². The molecule has 0 aromatic heterocycles. The molecule has 0 heterocycles. The van der Waals surface area contributed by atoms with Crippen molar-refractivity contribution in [1.29, 1.82) is 0 Å². The van der Waals surface area contributed by atoms with E-state index in [0.717, 1.165) is 13.1 Å². The Balaban J connectivity index is 1.59. The van der Waals surface area contributed by atoms with Gasteiger partial charge in [0.15, 0.2) is 0 Å². The number of nitrogens with zero attached hydrogens (tertiary/aromatic N) is 1. The average molecular weight is 308 g/mol. The maximum Gasteiger partial charge on any atom is 0.0249 e. The second-order valence-corrected chi connectivity index (χ2v) is 6.73. The molecule has 2 atom stereocenters. The van der Waals surface area contributed by atoms with E-state index in [-0.39, 0.29) is 0 Å². The van der Waals surface area contributed by atoms with Crippen LogP contribution in [0.2, 0.25) is 0 Å². The van der Waals surface area contributed by atoms with Crippen LogP contribution in [0.15, 0.2) is 60.7 Å². The van der Waals surface area contributed by atoms with E-state index in [1.165, 1.54) is 36.8 Å². The zero-order valence-electron chi connectivity index (χ0n) is 14.1. The summed E-state index contributed by atoms with van der Waals surface area (Å²) in [6, 6.07) is 22.8. The normalized spacial score (nSPS) is 21.5. The summed E-state index contributed by atoms with van der Waals surface area (Å²) < 4.78 is 0. The molecule has 0 radical (unpaired) electrons. The molecule has 2 nitrogen and oxygen atoms in total. The summed E-state index contributed by atoms with van der Waals surface area (Å²) in [6.45, 7) is 2.01. The van der Waals surface area contributed by atoms with Gasteiger partial charge in [-0.05, 0) is 31.0 Å². The largest absolute Gasteiger partial charge is 0.308 e. The van der Waals surface area contributed by atoms with Crippen molar-refractivity contribution in [3.05, 3.63) is 71.8 Å². The number of benzene rings is 2. The molecule has 3 rings (SSSR count). The molecule has 0 bridgehead atoms. The summed E-state index contributed by atoms with van der Waals surface area (Å²) in [4.78, 5) is 2.54. The average Bonchev–Trinajstić information content (AvgIpc) is 2.62. The highest BCUT2D eigenvalue weighted by Crippen LogP contribution is 2.24. The predicted molar refractivity (Wildman–Crippen MR) is 97.2 cm³/mol. The van der Waals surface area contributed by atoms with Crippen LogP contribution in [0.1, 0.15) is 36.8 Å². The number of rotatable bonds is 6. The second-order valence-electron chi connectivity index (χ2n) is 6.73. The van der Waals surface area contributed by atoms with E-state index >= 15 is 0 Å². The molecular formula is C21H28N2. The summed E-state index contributed by atoms with van der Waals surface area (Å²) in [5.74, 6) is 0. The van der Waals surface area contributed by atoms with Gasteiger partial charge in [-0.25, -0.2) is 0 Å². The highest BCUT2D eigenvalue weighted by Gasteiger charge is 2.27. The van der Waals surface area contributed by atoms with Crippen molar-refractivity contribution in [1.82, 2.24) is 10.2 Å². The quantitative estimate of drug-likeness (QED) is 0.859. The third kappa shape index (κ3) is 4.66. The van der Waals surface area contributed by atoms with Crippen LogP contribution in [-0.4, -0.2) is 24.0 Å². The highest BCUT2D eigenvalue weighted by atomic mass is 15.2. The zero-order chi connectivity index (χ0) is 15.9. The Bertz CT molecular complexity index is 567. The molecule has 2 aromatic carbocycles. The molecule has 1 fully saturated rings. The molecule has 0 spiro atoms. The minimum Gasteiger partial charge on any atom is -0.308 e. The van der Waals surface area contributed by atoms with Crippen LogP contribution in [0.5, 0.6) is 0 Å². The molecule has 1 aliphatic carbocycles. The first kappa shape index (κ1) is 16.2.